The summed E-state index contributed by atoms with van der Waals surface area (Å²) in [5.74, 6) is 0. The van der Waals surface area contributed by atoms with E-state index in [4.69, 9.17) is 0 Å². The molecule has 0 spiro atoms. The van der Waals surface area contributed by atoms with Crippen LogP contribution in [0.15, 0.2) is 13.2 Å². The predicted octanol–water partition coefficient (Wildman–Crippen LogP) is 4.81. The van der Waals surface area contributed by atoms with Crippen molar-refractivity contribution in [3.05, 3.63) is 13.2 Å². The van der Waals surface area contributed by atoms with Crippen LogP contribution in [0.2, 0.25) is 0 Å². The zero-order valence-corrected chi connectivity index (χ0v) is 9.45. The Morgan fingerprint density at radius 3 is 1.75 bits per heavy atom. The van der Waals surface area contributed by atoms with Gasteiger partial charge in [0.2, 0.25) is 0 Å². The molecule has 0 amide bonds. The molecule has 0 unspecified atom stereocenters. The van der Waals surface area contributed by atoms with Gasteiger partial charge in [-0.15, -0.1) is 13.2 Å². The molecule has 0 heteroatoms. The Hall–Kier alpha value is -0.260. The second-order valence-electron chi connectivity index (χ2n) is 4.37. The van der Waals surface area contributed by atoms with Crippen molar-refractivity contribution < 1.29 is 0 Å². The van der Waals surface area contributed by atoms with Gasteiger partial charge in [-0.1, -0.05) is 53.4 Å². The maximum absolute atomic E-state index is 3.00. The highest BCUT2D eigenvalue weighted by Crippen LogP contribution is 2.22. The van der Waals surface area contributed by atoms with Crippen LogP contribution in [-0.2, 0) is 0 Å². The van der Waals surface area contributed by atoms with Gasteiger partial charge in [0, 0.05) is 0 Å². The molecule has 0 saturated heterocycles. The lowest BCUT2D eigenvalue weighted by atomic mass is 9.89. The molecule has 0 aliphatic carbocycles. The Labute approximate surface area is 79.1 Å². The van der Waals surface area contributed by atoms with Crippen molar-refractivity contribution in [1.82, 2.24) is 0 Å². The Balaban J connectivity index is 0. The SMILES string of the molecule is C=C.CCCCCCC(C)(C)C. The molecule has 0 atom stereocenters. The summed E-state index contributed by atoms with van der Waals surface area (Å²) in [6.45, 7) is 15.2. The first-order chi connectivity index (χ1) is 5.56. The highest BCUT2D eigenvalue weighted by molar-refractivity contribution is 4.60. The molecule has 0 aromatic carbocycles. The predicted molar refractivity (Wildman–Crippen MR) is 59.5 cm³/mol. The minimum atomic E-state index is 0.549. The van der Waals surface area contributed by atoms with E-state index in [1.165, 1.54) is 32.1 Å². The topological polar surface area (TPSA) is 0 Å². The van der Waals surface area contributed by atoms with Gasteiger partial charge in [-0.2, -0.15) is 0 Å². The van der Waals surface area contributed by atoms with Crippen LogP contribution in [0.25, 0.3) is 0 Å². The van der Waals surface area contributed by atoms with Gasteiger partial charge in [0.25, 0.3) is 0 Å². The molecule has 0 nitrogen and oxygen atoms in total. The Morgan fingerprint density at radius 2 is 1.42 bits per heavy atom. The molecule has 0 fully saturated rings. The van der Waals surface area contributed by atoms with Crippen molar-refractivity contribution in [1.29, 1.82) is 0 Å². The molecule has 0 saturated carbocycles. The van der Waals surface area contributed by atoms with E-state index >= 15 is 0 Å². The third-order valence-electron chi connectivity index (χ3n) is 1.78. The molecule has 0 aromatic rings. The van der Waals surface area contributed by atoms with Crippen LogP contribution in [0, 0.1) is 5.41 Å². The van der Waals surface area contributed by atoms with Crippen LogP contribution < -0.4 is 0 Å². The first kappa shape index (κ1) is 14.3. The van der Waals surface area contributed by atoms with E-state index in [2.05, 4.69) is 40.9 Å². The molecule has 12 heavy (non-hydrogen) atoms. The fraction of sp³-hybridized carbons (Fsp3) is 0.833. The van der Waals surface area contributed by atoms with Crippen molar-refractivity contribution >= 4 is 0 Å². The van der Waals surface area contributed by atoms with Crippen molar-refractivity contribution in [3.63, 3.8) is 0 Å². The molecule has 0 aliphatic heterocycles. The van der Waals surface area contributed by atoms with E-state index in [9.17, 15) is 0 Å². The Morgan fingerprint density at radius 1 is 0.917 bits per heavy atom. The number of unbranched alkanes of at least 4 members (excludes halogenated alkanes) is 3. The maximum atomic E-state index is 3.00. The summed E-state index contributed by atoms with van der Waals surface area (Å²) < 4.78 is 0. The van der Waals surface area contributed by atoms with Crippen molar-refractivity contribution in [3.8, 4) is 0 Å². The lowest BCUT2D eigenvalue weighted by molar-refractivity contribution is 0.358. The van der Waals surface area contributed by atoms with E-state index in [1.54, 1.807) is 0 Å². The summed E-state index contributed by atoms with van der Waals surface area (Å²) in [6.07, 6.45) is 6.98. The van der Waals surface area contributed by atoms with Crippen molar-refractivity contribution in [2.24, 2.45) is 5.41 Å². The molecular formula is C12H26. The lowest BCUT2D eigenvalue weighted by Gasteiger charge is -2.17. The van der Waals surface area contributed by atoms with Crippen molar-refractivity contribution in [2.75, 3.05) is 0 Å². The first-order valence-corrected chi connectivity index (χ1v) is 5.06. The van der Waals surface area contributed by atoms with Crippen LogP contribution in [0.3, 0.4) is 0 Å². The van der Waals surface area contributed by atoms with Crippen LogP contribution >= 0.6 is 0 Å². The first-order valence-electron chi connectivity index (χ1n) is 5.06. The van der Waals surface area contributed by atoms with Gasteiger partial charge in [-0.25, -0.2) is 0 Å². The fourth-order valence-electron chi connectivity index (χ4n) is 1.08. The van der Waals surface area contributed by atoms with Gasteiger partial charge in [0.05, 0.1) is 0 Å². The van der Waals surface area contributed by atoms with E-state index in [0.717, 1.165) is 0 Å². The molecule has 0 heterocycles. The van der Waals surface area contributed by atoms with E-state index in [-0.39, 0.29) is 0 Å². The highest BCUT2D eigenvalue weighted by Gasteiger charge is 2.08. The monoisotopic (exact) mass is 170 g/mol. The van der Waals surface area contributed by atoms with E-state index < -0.39 is 0 Å². The minimum absolute atomic E-state index is 0.549. The lowest BCUT2D eigenvalue weighted by Crippen LogP contribution is -2.03. The second kappa shape index (κ2) is 8.83. The van der Waals surface area contributed by atoms with E-state index in [0.29, 0.717) is 5.41 Å². The van der Waals surface area contributed by atoms with Crippen molar-refractivity contribution in [2.45, 2.75) is 59.8 Å². The standard InChI is InChI=1S/C10H22.C2H4/c1-5-6-7-8-9-10(2,3)4;1-2/h5-9H2,1-4H3;1-2H2. The normalized spacial score (nSPS) is 10.3. The second-order valence-corrected chi connectivity index (χ2v) is 4.37. The Bertz CT molecular complexity index is 76.5. The third-order valence-corrected chi connectivity index (χ3v) is 1.78. The van der Waals surface area contributed by atoms with Crippen LogP contribution in [0.1, 0.15) is 59.8 Å². The van der Waals surface area contributed by atoms with E-state index in [1.807, 2.05) is 0 Å². The minimum Gasteiger partial charge on any atom is -0.106 e. The number of rotatable bonds is 4. The molecular weight excluding hydrogens is 144 g/mol. The summed E-state index contributed by atoms with van der Waals surface area (Å²) in [4.78, 5) is 0. The molecule has 0 bridgehead atoms. The molecule has 0 rings (SSSR count). The van der Waals surface area contributed by atoms with Crippen LogP contribution in [0.4, 0.5) is 0 Å². The summed E-state index contributed by atoms with van der Waals surface area (Å²) >= 11 is 0. The summed E-state index contributed by atoms with van der Waals surface area (Å²) in [5.41, 5.74) is 0.549. The molecule has 74 valence electrons. The summed E-state index contributed by atoms with van der Waals surface area (Å²) in [7, 11) is 0. The van der Waals surface area contributed by atoms with Crippen LogP contribution in [-0.4, -0.2) is 0 Å². The Kier molecular flexibility index (Phi) is 10.5. The zero-order chi connectivity index (χ0) is 10.0. The van der Waals surface area contributed by atoms with Gasteiger partial charge in [-0.3, -0.25) is 0 Å². The van der Waals surface area contributed by atoms with Gasteiger partial charge in [-0.05, 0) is 11.8 Å². The average molecular weight is 170 g/mol. The fourth-order valence-corrected chi connectivity index (χ4v) is 1.08. The summed E-state index contributed by atoms with van der Waals surface area (Å²) in [6, 6.07) is 0. The average Bonchev–Trinajstić information content (AvgIpc) is 2.01. The molecule has 0 aromatic heterocycles. The third kappa shape index (κ3) is 16.4. The number of hydrogen-bond donors (Lipinski definition) is 0. The highest BCUT2D eigenvalue weighted by atomic mass is 14.1. The van der Waals surface area contributed by atoms with Gasteiger partial charge >= 0.3 is 0 Å². The van der Waals surface area contributed by atoms with Crippen LogP contribution in [0.5, 0.6) is 0 Å². The van der Waals surface area contributed by atoms with Gasteiger partial charge in [0.1, 0.15) is 0 Å². The largest absolute Gasteiger partial charge is 0.106 e. The molecule has 0 radical (unpaired) electrons. The van der Waals surface area contributed by atoms with Gasteiger partial charge in [0.15, 0.2) is 0 Å². The maximum Gasteiger partial charge on any atom is -0.0383 e. The quantitative estimate of drug-likeness (QED) is 0.420. The smallest absolute Gasteiger partial charge is 0.0383 e. The number of hydrogen-bond acceptors (Lipinski definition) is 0. The molecule has 0 N–H and O–H groups in total. The molecule has 0 aliphatic rings. The van der Waals surface area contributed by atoms with Gasteiger partial charge < -0.3 is 0 Å². The zero-order valence-electron chi connectivity index (χ0n) is 9.45. The summed E-state index contributed by atoms with van der Waals surface area (Å²) in [5, 5.41) is 0.